The summed E-state index contributed by atoms with van der Waals surface area (Å²) in [6, 6.07) is 0.707. The number of carbonyl (C=O) groups excluding carboxylic acids is 1. The molecule has 1 heterocycles. The van der Waals surface area contributed by atoms with Crippen molar-refractivity contribution in [1.29, 1.82) is 0 Å². The van der Waals surface area contributed by atoms with Gasteiger partial charge >= 0.3 is 0 Å². The molecule has 1 saturated heterocycles. The summed E-state index contributed by atoms with van der Waals surface area (Å²) in [5.41, 5.74) is 5.87. The molecule has 1 saturated carbocycles. The Morgan fingerprint density at radius 3 is 2.50 bits per heavy atom. The van der Waals surface area contributed by atoms with Gasteiger partial charge in [0, 0.05) is 25.7 Å². The van der Waals surface area contributed by atoms with E-state index >= 15 is 0 Å². The minimum atomic E-state index is -0.180. The predicted octanol–water partition coefficient (Wildman–Crippen LogP) is 0.894. The summed E-state index contributed by atoms with van der Waals surface area (Å²) < 4.78 is 5.43. The van der Waals surface area contributed by atoms with E-state index in [1.54, 1.807) is 0 Å². The van der Waals surface area contributed by atoms with Gasteiger partial charge in [-0.25, -0.2) is 0 Å². The van der Waals surface area contributed by atoms with Gasteiger partial charge in [-0.2, -0.15) is 0 Å². The van der Waals surface area contributed by atoms with Crippen LogP contribution in [0.5, 0.6) is 0 Å². The number of nitrogens with zero attached hydrogens (tertiary/aromatic N) is 1. The third kappa shape index (κ3) is 2.55. The van der Waals surface area contributed by atoms with Crippen LogP contribution in [0.4, 0.5) is 0 Å². The van der Waals surface area contributed by atoms with Crippen LogP contribution in [0.1, 0.15) is 38.5 Å². The fourth-order valence-corrected chi connectivity index (χ4v) is 2.67. The van der Waals surface area contributed by atoms with Crippen LogP contribution in [0, 0.1) is 0 Å². The van der Waals surface area contributed by atoms with E-state index < -0.39 is 0 Å². The van der Waals surface area contributed by atoms with Crippen molar-refractivity contribution in [3.63, 3.8) is 0 Å². The minimum Gasteiger partial charge on any atom is -0.368 e. The van der Waals surface area contributed by atoms with Crippen LogP contribution < -0.4 is 5.73 Å². The van der Waals surface area contributed by atoms with Crippen molar-refractivity contribution in [3.05, 3.63) is 0 Å². The van der Waals surface area contributed by atoms with Crippen LogP contribution >= 0.6 is 0 Å². The molecule has 1 aliphatic carbocycles. The maximum Gasteiger partial charge on any atom is 0.251 e. The quantitative estimate of drug-likeness (QED) is 0.761. The zero-order valence-corrected chi connectivity index (χ0v) is 10.0. The summed E-state index contributed by atoms with van der Waals surface area (Å²) >= 11 is 0. The fourth-order valence-electron chi connectivity index (χ4n) is 2.67. The topological polar surface area (TPSA) is 55.6 Å². The van der Waals surface area contributed by atoms with E-state index in [0.29, 0.717) is 12.1 Å². The Morgan fingerprint density at radius 2 is 1.94 bits per heavy atom. The van der Waals surface area contributed by atoms with Gasteiger partial charge in [-0.15, -0.1) is 0 Å². The Bertz CT molecular complexity index is 243. The molecule has 0 bridgehead atoms. The summed E-state index contributed by atoms with van der Waals surface area (Å²) in [6.07, 6.45) is 5.86. The number of likely N-dealkylation sites (N-methyl/N-ethyl adjacent to an activating group) is 1. The third-order valence-corrected chi connectivity index (χ3v) is 3.84. The second-order valence-electron chi connectivity index (χ2n) is 5.02. The number of ether oxygens (including phenoxy) is 1. The molecule has 1 aliphatic heterocycles. The minimum absolute atomic E-state index is 0.165. The Hall–Kier alpha value is -0.610. The van der Waals surface area contributed by atoms with Gasteiger partial charge in [0.2, 0.25) is 0 Å². The van der Waals surface area contributed by atoms with E-state index in [4.69, 9.17) is 10.5 Å². The molecule has 4 nitrogen and oxygen atoms in total. The fraction of sp³-hybridized carbons (Fsp3) is 0.917. The normalized spacial score (nSPS) is 35.0. The summed E-state index contributed by atoms with van der Waals surface area (Å²) in [7, 11) is 1.91. The number of nitrogens with two attached hydrogens (primary N) is 1. The van der Waals surface area contributed by atoms with Crippen molar-refractivity contribution >= 4 is 5.91 Å². The lowest BCUT2D eigenvalue weighted by molar-refractivity contribution is -0.142. The zero-order valence-electron chi connectivity index (χ0n) is 10.0. The summed E-state index contributed by atoms with van der Waals surface area (Å²) in [6.45, 7) is 0.736. The van der Waals surface area contributed by atoms with Crippen LogP contribution in [-0.2, 0) is 9.53 Å². The van der Waals surface area contributed by atoms with Crippen molar-refractivity contribution in [2.24, 2.45) is 5.73 Å². The smallest absolute Gasteiger partial charge is 0.251 e. The molecule has 2 aliphatic rings. The van der Waals surface area contributed by atoms with Crippen LogP contribution in [0.25, 0.3) is 0 Å². The van der Waals surface area contributed by atoms with Gasteiger partial charge in [0.15, 0.2) is 0 Å². The first kappa shape index (κ1) is 11.9. The third-order valence-electron chi connectivity index (χ3n) is 3.84. The molecule has 1 unspecified atom stereocenters. The molecule has 0 aromatic heterocycles. The number of hydrogen-bond donors (Lipinski definition) is 1. The molecule has 92 valence electrons. The summed E-state index contributed by atoms with van der Waals surface area (Å²) in [4.78, 5) is 14.0. The monoisotopic (exact) mass is 226 g/mol. The molecule has 16 heavy (non-hydrogen) atoms. The van der Waals surface area contributed by atoms with E-state index in [0.717, 1.165) is 45.1 Å². The lowest BCUT2D eigenvalue weighted by Gasteiger charge is -2.34. The highest BCUT2D eigenvalue weighted by molar-refractivity contribution is 5.81. The van der Waals surface area contributed by atoms with Gasteiger partial charge < -0.3 is 15.4 Å². The van der Waals surface area contributed by atoms with Gasteiger partial charge in [-0.3, -0.25) is 4.79 Å². The Balaban J connectivity index is 1.86. The van der Waals surface area contributed by atoms with Gasteiger partial charge in [0.25, 0.3) is 5.91 Å². The first-order valence-corrected chi connectivity index (χ1v) is 6.32. The van der Waals surface area contributed by atoms with Crippen LogP contribution in [-0.4, -0.2) is 42.6 Å². The van der Waals surface area contributed by atoms with Gasteiger partial charge in [0.1, 0.15) is 6.10 Å². The molecule has 2 rings (SSSR count). The van der Waals surface area contributed by atoms with E-state index in [-0.39, 0.29) is 12.0 Å². The van der Waals surface area contributed by atoms with Crippen molar-refractivity contribution in [3.8, 4) is 0 Å². The van der Waals surface area contributed by atoms with E-state index in [1.807, 2.05) is 11.9 Å². The molecule has 0 spiro atoms. The maximum atomic E-state index is 12.1. The molecule has 0 aromatic carbocycles. The number of carbonyl (C=O) groups is 1. The SMILES string of the molecule is CN(C(=O)C1CCCO1)C1CCC(N)CC1. The maximum absolute atomic E-state index is 12.1. The number of hydrogen-bond acceptors (Lipinski definition) is 3. The lowest BCUT2D eigenvalue weighted by Crippen LogP contribution is -2.45. The Kier molecular flexibility index (Phi) is 3.82. The first-order chi connectivity index (χ1) is 7.68. The zero-order chi connectivity index (χ0) is 11.5. The summed E-state index contributed by atoms with van der Waals surface area (Å²) in [5.74, 6) is 0.165. The Labute approximate surface area is 97.1 Å². The molecule has 0 aromatic rings. The highest BCUT2D eigenvalue weighted by Gasteiger charge is 2.31. The molecule has 2 N–H and O–H groups in total. The van der Waals surface area contributed by atoms with E-state index in [9.17, 15) is 4.79 Å². The van der Waals surface area contributed by atoms with Crippen LogP contribution in [0.3, 0.4) is 0 Å². The van der Waals surface area contributed by atoms with E-state index in [1.165, 1.54) is 0 Å². The molecular formula is C12H22N2O2. The van der Waals surface area contributed by atoms with Crippen LogP contribution in [0.2, 0.25) is 0 Å². The van der Waals surface area contributed by atoms with Crippen molar-refractivity contribution in [1.82, 2.24) is 4.90 Å². The second-order valence-corrected chi connectivity index (χ2v) is 5.02. The molecule has 1 amide bonds. The molecule has 2 fully saturated rings. The van der Waals surface area contributed by atoms with Crippen molar-refractivity contribution < 1.29 is 9.53 Å². The molecule has 4 heteroatoms. The average Bonchev–Trinajstić information content (AvgIpc) is 2.81. The molecule has 1 atom stereocenters. The van der Waals surface area contributed by atoms with Gasteiger partial charge in [-0.1, -0.05) is 0 Å². The highest BCUT2D eigenvalue weighted by atomic mass is 16.5. The highest BCUT2D eigenvalue weighted by Crippen LogP contribution is 2.23. The lowest BCUT2D eigenvalue weighted by atomic mass is 9.91. The molecular weight excluding hydrogens is 204 g/mol. The largest absolute Gasteiger partial charge is 0.368 e. The van der Waals surface area contributed by atoms with Gasteiger partial charge in [-0.05, 0) is 38.5 Å². The molecule has 0 radical (unpaired) electrons. The Morgan fingerprint density at radius 1 is 1.25 bits per heavy atom. The number of rotatable bonds is 2. The van der Waals surface area contributed by atoms with Crippen LogP contribution in [0.15, 0.2) is 0 Å². The van der Waals surface area contributed by atoms with Crippen molar-refractivity contribution in [2.45, 2.75) is 56.7 Å². The summed E-state index contributed by atoms with van der Waals surface area (Å²) in [5, 5.41) is 0. The van der Waals surface area contributed by atoms with E-state index in [2.05, 4.69) is 0 Å². The second kappa shape index (κ2) is 5.15. The number of amides is 1. The van der Waals surface area contributed by atoms with Crippen molar-refractivity contribution in [2.75, 3.05) is 13.7 Å². The predicted molar refractivity (Wildman–Crippen MR) is 62.0 cm³/mol. The first-order valence-electron chi connectivity index (χ1n) is 6.32. The van der Waals surface area contributed by atoms with Gasteiger partial charge in [0.05, 0.1) is 0 Å². The standard InChI is InChI=1S/C12H22N2O2/c1-14(10-6-4-9(13)5-7-10)12(15)11-3-2-8-16-11/h9-11H,2-8,13H2,1H3. The average molecular weight is 226 g/mol.